The molecule has 7 N–H and O–H groups in total. The van der Waals surface area contributed by atoms with Crippen LogP contribution in [0, 0.1) is 41.9 Å². The second-order valence-corrected chi connectivity index (χ2v) is 8.74. The molecule has 0 amide bonds. The van der Waals surface area contributed by atoms with Gasteiger partial charge in [0.15, 0.2) is 12.6 Å². The number of H-pyrrole nitrogens is 1. The van der Waals surface area contributed by atoms with Crippen molar-refractivity contribution >= 4 is 0 Å². The first-order chi connectivity index (χ1) is 16.7. The molecule has 1 aliphatic rings. The van der Waals surface area contributed by atoms with Gasteiger partial charge < -0.3 is 30.9 Å². The Labute approximate surface area is 204 Å². The normalized spacial score (nSPS) is 17.8. The van der Waals surface area contributed by atoms with Crippen LogP contribution in [0.15, 0.2) is 29.7 Å². The van der Waals surface area contributed by atoms with Crippen molar-refractivity contribution in [1.82, 2.24) is 10.2 Å². The van der Waals surface area contributed by atoms with Gasteiger partial charge >= 0.3 is 6.18 Å². The number of ether oxygens (including phenoxy) is 1. The quantitative estimate of drug-likeness (QED) is 0.263. The van der Waals surface area contributed by atoms with Gasteiger partial charge in [-0.1, -0.05) is 25.7 Å². The number of aliphatic hydroxyl groups excluding tert-OH is 2. The fourth-order valence-corrected chi connectivity index (χ4v) is 4.49. The molecule has 0 fully saturated rings. The molecule has 0 aliphatic carbocycles. The molecule has 2 aromatic rings. The second-order valence-electron chi connectivity index (χ2n) is 8.74. The van der Waals surface area contributed by atoms with E-state index in [1.165, 1.54) is 6.07 Å². The summed E-state index contributed by atoms with van der Waals surface area (Å²) in [6.45, 7) is 5.11. The highest BCUT2D eigenvalue weighted by Gasteiger charge is 2.51. The molecule has 9 nitrogen and oxygen atoms in total. The van der Waals surface area contributed by atoms with E-state index < -0.39 is 48.0 Å². The van der Waals surface area contributed by atoms with Gasteiger partial charge in [0.25, 0.3) is 0 Å². The third-order valence-electron chi connectivity index (χ3n) is 6.19. The SMILES string of the molecule is Cc1[nH]nc2c1C(c1cc(C#CCC(C(O)O)C(O)O)cc(C(F)(F)F)c1)(C(C)C)C(C#N)=C(N)O2. The number of nitrogens with zero attached hydrogens (tertiary/aromatic N) is 2. The van der Waals surface area contributed by atoms with Crippen LogP contribution in [0.25, 0.3) is 0 Å². The standard InChI is InChI=1S/C24H25F3N4O5/c1-11(2)23(17(10-28)19(29)36-20-18(23)12(3)30-31-20)14-7-13(8-15(9-14)24(25,26)27)5-4-6-16(21(32)33)22(34)35/h7-9,11,16,21-22,32-35H,6,29H2,1-3H3,(H,30,31). The fourth-order valence-electron chi connectivity index (χ4n) is 4.49. The Balaban J connectivity index is 2.31. The summed E-state index contributed by atoms with van der Waals surface area (Å²) >= 11 is 0. The molecule has 2 heterocycles. The Bertz CT molecular complexity index is 1270. The number of aliphatic hydroxyl groups is 4. The van der Waals surface area contributed by atoms with Crippen LogP contribution in [0.5, 0.6) is 5.88 Å². The van der Waals surface area contributed by atoms with Crippen LogP contribution in [-0.4, -0.2) is 43.2 Å². The van der Waals surface area contributed by atoms with Gasteiger partial charge in [-0.05, 0) is 36.6 Å². The molecule has 3 rings (SSSR count). The monoisotopic (exact) mass is 506 g/mol. The number of nitriles is 1. The minimum Gasteiger partial charge on any atom is -0.420 e. The van der Waals surface area contributed by atoms with Crippen molar-refractivity contribution in [3.63, 3.8) is 0 Å². The number of aromatic amines is 1. The molecule has 0 saturated carbocycles. The molecule has 1 atom stereocenters. The summed E-state index contributed by atoms with van der Waals surface area (Å²) in [5.74, 6) is 2.81. The summed E-state index contributed by atoms with van der Waals surface area (Å²) in [5, 5.41) is 53.9. The lowest BCUT2D eigenvalue weighted by molar-refractivity contribution is -0.175. The van der Waals surface area contributed by atoms with Crippen molar-refractivity contribution in [2.24, 2.45) is 17.6 Å². The second kappa shape index (κ2) is 9.84. The summed E-state index contributed by atoms with van der Waals surface area (Å²) in [6, 6.07) is 5.12. The number of alkyl halides is 3. The Morgan fingerprint density at radius 2 is 1.81 bits per heavy atom. The zero-order valence-corrected chi connectivity index (χ0v) is 19.6. The molecular formula is C24H25F3N4O5. The minimum absolute atomic E-state index is 0.0412. The molecule has 0 bridgehead atoms. The summed E-state index contributed by atoms with van der Waals surface area (Å²) in [5.41, 5.74) is 4.27. The first kappa shape index (κ1) is 27.0. The van der Waals surface area contributed by atoms with Crippen LogP contribution in [0.3, 0.4) is 0 Å². The van der Waals surface area contributed by atoms with E-state index in [2.05, 4.69) is 22.0 Å². The first-order valence-corrected chi connectivity index (χ1v) is 10.8. The van der Waals surface area contributed by atoms with Gasteiger partial charge in [0.2, 0.25) is 11.8 Å². The van der Waals surface area contributed by atoms with Gasteiger partial charge in [0, 0.05) is 17.7 Å². The molecule has 0 spiro atoms. The third-order valence-corrected chi connectivity index (χ3v) is 6.19. The summed E-state index contributed by atoms with van der Waals surface area (Å²) < 4.78 is 47.3. The maximum absolute atomic E-state index is 13.9. The molecule has 1 aliphatic heterocycles. The van der Waals surface area contributed by atoms with E-state index in [1.807, 2.05) is 6.07 Å². The highest BCUT2D eigenvalue weighted by Crippen LogP contribution is 2.53. The van der Waals surface area contributed by atoms with Crippen LogP contribution in [0.4, 0.5) is 13.2 Å². The van der Waals surface area contributed by atoms with Crippen molar-refractivity contribution in [1.29, 1.82) is 5.26 Å². The number of nitrogens with one attached hydrogen (secondary N) is 1. The van der Waals surface area contributed by atoms with E-state index in [9.17, 15) is 38.9 Å². The van der Waals surface area contributed by atoms with Crippen molar-refractivity contribution in [3.05, 3.63) is 57.6 Å². The maximum atomic E-state index is 13.9. The van der Waals surface area contributed by atoms with Crippen molar-refractivity contribution in [3.8, 4) is 23.8 Å². The predicted molar refractivity (Wildman–Crippen MR) is 119 cm³/mol. The number of hydrogen-bond acceptors (Lipinski definition) is 8. The van der Waals surface area contributed by atoms with E-state index in [0.29, 0.717) is 11.3 Å². The maximum Gasteiger partial charge on any atom is 0.416 e. The van der Waals surface area contributed by atoms with Crippen molar-refractivity contribution in [2.75, 3.05) is 0 Å². The fraction of sp³-hybridized carbons (Fsp3) is 0.417. The average Bonchev–Trinajstić information content (AvgIpc) is 3.14. The van der Waals surface area contributed by atoms with Crippen LogP contribution in [0.1, 0.15) is 48.2 Å². The zero-order chi connectivity index (χ0) is 27.0. The van der Waals surface area contributed by atoms with Crippen molar-refractivity contribution < 1.29 is 38.3 Å². The van der Waals surface area contributed by atoms with Crippen LogP contribution in [-0.2, 0) is 11.6 Å². The van der Waals surface area contributed by atoms with Gasteiger partial charge in [-0.15, -0.1) is 5.10 Å². The first-order valence-electron chi connectivity index (χ1n) is 10.8. The van der Waals surface area contributed by atoms with E-state index in [-0.39, 0.29) is 28.5 Å². The van der Waals surface area contributed by atoms with Crippen molar-refractivity contribution in [2.45, 2.75) is 51.4 Å². The van der Waals surface area contributed by atoms with Gasteiger partial charge in [-0.2, -0.15) is 18.4 Å². The average molecular weight is 506 g/mol. The molecule has 0 saturated heterocycles. The van der Waals surface area contributed by atoms with E-state index in [1.54, 1.807) is 20.8 Å². The number of benzene rings is 1. The molecular weight excluding hydrogens is 481 g/mol. The number of fused-ring (bicyclic) bond motifs is 1. The van der Waals surface area contributed by atoms with Gasteiger partial charge in [0.1, 0.15) is 11.6 Å². The molecule has 1 aromatic carbocycles. The van der Waals surface area contributed by atoms with Crippen LogP contribution < -0.4 is 10.5 Å². The van der Waals surface area contributed by atoms with Gasteiger partial charge in [-0.3, -0.25) is 5.10 Å². The Morgan fingerprint density at radius 3 is 2.33 bits per heavy atom. The Morgan fingerprint density at radius 1 is 1.17 bits per heavy atom. The molecule has 36 heavy (non-hydrogen) atoms. The zero-order valence-electron chi connectivity index (χ0n) is 19.6. The number of aryl methyl sites for hydroxylation is 1. The summed E-state index contributed by atoms with van der Waals surface area (Å²) in [6.07, 6.45) is -9.39. The topological polar surface area (TPSA) is 169 Å². The van der Waals surface area contributed by atoms with E-state index >= 15 is 0 Å². The highest BCUT2D eigenvalue weighted by atomic mass is 19.4. The van der Waals surface area contributed by atoms with Crippen LogP contribution >= 0.6 is 0 Å². The Hall–Kier alpha value is -3.55. The lowest BCUT2D eigenvalue weighted by atomic mass is 9.61. The molecule has 12 heteroatoms. The molecule has 1 aromatic heterocycles. The molecule has 192 valence electrons. The summed E-state index contributed by atoms with van der Waals surface area (Å²) in [7, 11) is 0. The Kier molecular flexibility index (Phi) is 7.39. The third kappa shape index (κ3) is 4.64. The largest absolute Gasteiger partial charge is 0.420 e. The molecule has 1 unspecified atom stereocenters. The lowest BCUT2D eigenvalue weighted by Gasteiger charge is -2.41. The van der Waals surface area contributed by atoms with E-state index in [0.717, 1.165) is 12.1 Å². The number of aromatic nitrogens is 2. The number of allylic oxidation sites excluding steroid dienone is 1. The highest BCUT2D eigenvalue weighted by molar-refractivity contribution is 5.63. The molecule has 0 radical (unpaired) electrons. The van der Waals surface area contributed by atoms with E-state index in [4.69, 9.17) is 10.5 Å². The van der Waals surface area contributed by atoms with Crippen LogP contribution in [0.2, 0.25) is 0 Å². The summed E-state index contributed by atoms with van der Waals surface area (Å²) in [4.78, 5) is 0. The number of halogens is 3. The number of nitrogens with two attached hydrogens (primary N) is 1. The predicted octanol–water partition coefficient (Wildman–Crippen LogP) is 1.74. The number of rotatable bonds is 5. The lowest BCUT2D eigenvalue weighted by Crippen LogP contribution is -2.41. The minimum atomic E-state index is -4.77. The number of hydrogen-bond donors (Lipinski definition) is 6. The van der Waals surface area contributed by atoms with Gasteiger partial charge in [0.05, 0.1) is 22.5 Å². The van der Waals surface area contributed by atoms with Gasteiger partial charge in [-0.25, -0.2) is 0 Å². The smallest absolute Gasteiger partial charge is 0.416 e.